The van der Waals surface area contributed by atoms with Gasteiger partial charge in [-0.1, -0.05) is 13.8 Å². The van der Waals surface area contributed by atoms with Crippen molar-refractivity contribution in [2.24, 2.45) is 11.8 Å². The summed E-state index contributed by atoms with van der Waals surface area (Å²) >= 11 is 0. The van der Waals surface area contributed by atoms with E-state index in [1.165, 1.54) is 12.8 Å². The molecule has 1 aliphatic carbocycles. The van der Waals surface area contributed by atoms with E-state index in [9.17, 15) is 4.79 Å². The van der Waals surface area contributed by atoms with Crippen molar-refractivity contribution in [3.8, 4) is 0 Å². The lowest BCUT2D eigenvalue weighted by Gasteiger charge is -2.22. The van der Waals surface area contributed by atoms with E-state index in [1.54, 1.807) is 6.92 Å². The second kappa shape index (κ2) is 4.61. The highest BCUT2D eigenvalue weighted by Gasteiger charge is 2.25. The number of aliphatic carboxylic acids is 1. The molecule has 1 rings (SSSR count). The lowest BCUT2D eigenvalue weighted by molar-refractivity contribution is -0.141. The number of hydrogen-bond acceptors (Lipinski definition) is 2. The Morgan fingerprint density at radius 1 is 1.62 bits per heavy atom. The van der Waals surface area contributed by atoms with Crippen LogP contribution >= 0.6 is 0 Å². The van der Waals surface area contributed by atoms with E-state index in [-0.39, 0.29) is 5.92 Å². The molecule has 1 aliphatic rings. The summed E-state index contributed by atoms with van der Waals surface area (Å²) in [5.74, 6) is -0.0751. The Morgan fingerprint density at radius 3 is 2.62 bits per heavy atom. The first kappa shape index (κ1) is 10.5. The Labute approximate surface area is 79.7 Å². The number of nitrogens with zero attached hydrogens (tertiary/aromatic N) is 1. The monoisotopic (exact) mass is 185 g/mol. The maximum absolute atomic E-state index is 10.6. The maximum atomic E-state index is 10.6. The molecule has 1 atom stereocenters. The molecule has 0 aromatic rings. The minimum Gasteiger partial charge on any atom is -0.481 e. The first-order chi connectivity index (χ1) is 6.13. The molecule has 0 amide bonds. The third kappa shape index (κ3) is 3.77. The molecule has 0 heterocycles. The van der Waals surface area contributed by atoms with Crippen molar-refractivity contribution in [3.05, 3.63) is 0 Å². The fourth-order valence-corrected chi connectivity index (χ4v) is 1.46. The van der Waals surface area contributed by atoms with Gasteiger partial charge in [-0.15, -0.1) is 0 Å². The number of hydrogen-bond donors (Lipinski definition) is 1. The highest BCUT2D eigenvalue weighted by atomic mass is 16.4. The Hall–Kier alpha value is -0.570. The van der Waals surface area contributed by atoms with E-state index >= 15 is 0 Å². The standard InChI is InChI=1S/C10H19NO2/c1-3-11(7-9-4-5-9)6-8(2)10(12)13/h8-9H,3-7H2,1-2H3,(H,12,13). The predicted molar refractivity (Wildman–Crippen MR) is 51.6 cm³/mol. The molecular formula is C10H19NO2. The summed E-state index contributed by atoms with van der Waals surface area (Å²) in [6.45, 7) is 6.62. The summed E-state index contributed by atoms with van der Waals surface area (Å²) in [7, 11) is 0. The van der Waals surface area contributed by atoms with E-state index in [2.05, 4.69) is 11.8 Å². The highest BCUT2D eigenvalue weighted by Crippen LogP contribution is 2.29. The van der Waals surface area contributed by atoms with Crippen LogP contribution in [0.5, 0.6) is 0 Å². The molecule has 1 saturated carbocycles. The first-order valence-electron chi connectivity index (χ1n) is 5.08. The van der Waals surface area contributed by atoms with Crippen LogP contribution in [0.4, 0.5) is 0 Å². The van der Waals surface area contributed by atoms with Crippen molar-refractivity contribution in [1.82, 2.24) is 4.90 Å². The molecule has 3 heteroatoms. The van der Waals surface area contributed by atoms with Gasteiger partial charge in [0, 0.05) is 13.1 Å². The van der Waals surface area contributed by atoms with Crippen LogP contribution < -0.4 is 0 Å². The smallest absolute Gasteiger partial charge is 0.307 e. The van der Waals surface area contributed by atoms with Gasteiger partial charge in [0.25, 0.3) is 0 Å². The molecule has 0 radical (unpaired) electrons. The van der Waals surface area contributed by atoms with E-state index in [1.807, 2.05) is 0 Å². The maximum Gasteiger partial charge on any atom is 0.307 e. The molecule has 0 aromatic carbocycles. The summed E-state index contributed by atoms with van der Waals surface area (Å²) < 4.78 is 0. The fourth-order valence-electron chi connectivity index (χ4n) is 1.46. The SMILES string of the molecule is CCN(CC1CC1)CC(C)C(=O)O. The van der Waals surface area contributed by atoms with Crippen LogP contribution in [0.2, 0.25) is 0 Å². The van der Waals surface area contributed by atoms with Crippen molar-refractivity contribution in [3.63, 3.8) is 0 Å². The largest absolute Gasteiger partial charge is 0.481 e. The van der Waals surface area contributed by atoms with Crippen molar-refractivity contribution >= 4 is 5.97 Å². The Bertz CT molecular complexity index is 178. The summed E-state index contributed by atoms with van der Waals surface area (Å²) in [5.41, 5.74) is 0. The van der Waals surface area contributed by atoms with Crippen LogP contribution in [0.15, 0.2) is 0 Å². The van der Waals surface area contributed by atoms with Gasteiger partial charge in [0.15, 0.2) is 0 Å². The van der Waals surface area contributed by atoms with Crippen LogP contribution in [0.25, 0.3) is 0 Å². The van der Waals surface area contributed by atoms with Gasteiger partial charge in [0.05, 0.1) is 5.92 Å². The minimum atomic E-state index is -0.686. The molecule has 0 aliphatic heterocycles. The second-order valence-electron chi connectivity index (χ2n) is 4.03. The molecule has 1 N–H and O–H groups in total. The van der Waals surface area contributed by atoms with Crippen LogP contribution in [0, 0.1) is 11.8 Å². The molecule has 1 unspecified atom stereocenters. The minimum absolute atomic E-state index is 0.237. The molecule has 0 spiro atoms. The second-order valence-corrected chi connectivity index (χ2v) is 4.03. The summed E-state index contributed by atoms with van der Waals surface area (Å²) in [5, 5.41) is 8.75. The zero-order valence-corrected chi connectivity index (χ0v) is 8.49. The van der Waals surface area contributed by atoms with Gasteiger partial charge in [-0.25, -0.2) is 0 Å². The van der Waals surface area contributed by atoms with Crippen molar-refractivity contribution in [2.75, 3.05) is 19.6 Å². The van der Waals surface area contributed by atoms with Gasteiger partial charge < -0.3 is 10.0 Å². The molecule has 1 fully saturated rings. The van der Waals surface area contributed by atoms with Crippen molar-refractivity contribution in [2.45, 2.75) is 26.7 Å². The van der Waals surface area contributed by atoms with Gasteiger partial charge in [-0.2, -0.15) is 0 Å². The molecule has 0 aromatic heterocycles. The normalized spacial score (nSPS) is 19.0. The molecular weight excluding hydrogens is 166 g/mol. The van der Waals surface area contributed by atoms with Crippen LogP contribution in [-0.2, 0) is 4.79 Å². The zero-order chi connectivity index (χ0) is 9.84. The quantitative estimate of drug-likeness (QED) is 0.680. The predicted octanol–water partition coefficient (Wildman–Crippen LogP) is 1.44. The van der Waals surface area contributed by atoms with Crippen molar-refractivity contribution < 1.29 is 9.90 Å². The summed E-state index contributed by atoms with van der Waals surface area (Å²) in [4.78, 5) is 12.9. The Morgan fingerprint density at radius 2 is 2.23 bits per heavy atom. The Kier molecular flexibility index (Phi) is 3.72. The van der Waals surface area contributed by atoms with Gasteiger partial charge in [0.2, 0.25) is 0 Å². The fraction of sp³-hybridized carbons (Fsp3) is 0.900. The molecule has 76 valence electrons. The third-order valence-corrected chi connectivity index (χ3v) is 2.61. The number of carbonyl (C=O) groups is 1. The van der Waals surface area contributed by atoms with Gasteiger partial charge in [0.1, 0.15) is 0 Å². The first-order valence-corrected chi connectivity index (χ1v) is 5.08. The van der Waals surface area contributed by atoms with E-state index in [0.717, 1.165) is 19.0 Å². The van der Waals surface area contributed by atoms with Gasteiger partial charge in [-0.05, 0) is 25.3 Å². The average molecular weight is 185 g/mol. The average Bonchev–Trinajstić information content (AvgIpc) is 2.86. The lowest BCUT2D eigenvalue weighted by atomic mass is 10.1. The van der Waals surface area contributed by atoms with Crippen molar-refractivity contribution in [1.29, 1.82) is 0 Å². The molecule has 3 nitrogen and oxygen atoms in total. The van der Waals surface area contributed by atoms with Gasteiger partial charge in [-0.3, -0.25) is 4.79 Å². The summed E-state index contributed by atoms with van der Waals surface area (Å²) in [6.07, 6.45) is 2.66. The van der Waals surface area contributed by atoms with E-state index in [4.69, 9.17) is 5.11 Å². The van der Waals surface area contributed by atoms with Gasteiger partial charge >= 0.3 is 5.97 Å². The van der Waals surface area contributed by atoms with Crippen LogP contribution in [0.1, 0.15) is 26.7 Å². The molecule has 0 saturated heterocycles. The molecule has 0 bridgehead atoms. The van der Waals surface area contributed by atoms with Crippen LogP contribution in [-0.4, -0.2) is 35.6 Å². The number of carboxylic acid groups (broad SMARTS) is 1. The topological polar surface area (TPSA) is 40.5 Å². The molecule has 13 heavy (non-hydrogen) atoms. The summed E-state index contributed by atoms with van der Waals surface area (Å²) in [6, 6.07) is 0. The highest BCUT2D eigenvalue weighted by molar-refractivity contribution is 5.69. The lowest BCUT2D eigenvalue weighted by Crippen LogP contribution is -2.33. The number of carboxylic acids is 1. The third-order valence-electron chi connectivity index (χ3n) is 2.61. The Balaban J connectivity index is 2.24. The number of rotatable bonds is 6. The van der Waals surface area contributed by atoms with E-state index < -0.39 is 5.97 Å². The van der Waals surface area contributed by atoms with Crippen LogP contribution in [0.3, 0.4) is 0 Å². The van der Waals surface area contributed by atoms with E-state index in [0.29, 0.717) is 6.54 Å². The zero-order valence-electron chi connectivity index (χ0n) is 8.49.